The molecule has 2 rings (SSSR count). The Morgan fingerprint density at radius 1 is 1.35 bits per heavy atom. The standard InChI is InChI=1S/C13H22N4O2S/c1-11-9-14-10-13(15-11)16-12-3-5-17(6-4-12)7-8-20(2,18)19/h9-10,12H,3-8H2,1-2H3,(H,15,16). The van der Waals surface area contributed by atoms with Gasteiger partial charge in [0.25, 0.3) is 0 Å². The summed E-state index contributed by atoms with van der Waals surface area (Å²) >= 11 is 0. The van der Waals surface area contributed by atoms with Crippen molar-refractivity contribution in [1.82, 2.24) is 14.9 Å². The summed E-state index contributed by atoms with van der Waals surface area (Å²) in [6, 6.07) is 0.389. The second-order valence-corrected chi connectivity index (χ2v) is 7.70. The smallest absolute Gasteiger partial charge is 0.148 e. The van der Waals surface area contributed by atoms with Gasteiger partial charge in [-0.2, -0.15) is 0 Å². The summed E-state index contributed by atoms with van der Waals surface area (Å²) in [6.45, 7) is 4.40. The van der Waals surface area contributed by atoms with E-state index in [9.17, 15) is 8.42 Å². The van der Waals surface area contributed by atoms with Crippen LogP contribution in [0.2, 0.25) is 0 Å². The number of nitrogens with zero attached hydrogens (tertiary/aromatic N) is 3. The Bertz CT molecular complexity index is 539. The van der Waals surface area contributed by atoms with E-state index in [4.69, 9.17) is 0 Å². The molecule has 1 aliphatic rings. The highest BCUT2D eigenvalue weighted by Crippen LogP contribution is 2.14. The number of hydrogen-bond donors (Lipinski definition) is 1. The lowest BCUT2D eigenvalue weighted by Crippen LogP contribution is -2.41. The Morgan fingerprint density at radius 3 is 2.65 bits per heavy atom. The van der Waals surface area contributed by atoms with E-state index in [1.165, 1.54) is 6.26 Å². The third-order valence-electron chi connectivity index (χ3n) is 3.47. The molecule has 0 unspecified atom stereocenters. The lowest BCUT2D eigenvalue weighted by molar-refractivity contribution is 0.230. The molecule has 2 heterocycles. The summed E-state index contributed by atoms with van der Waals surface area (Å²) in [5, 5.41) is 3.40. The first kappa shape index (κ1) is 15.2. The van der Waals surface area contributed by atoms with Crippen molar-refractivity contribution in [2.45, 2.75) is 25.8 Å². The molecule has 0 saturated carbocycles. The monoisotopic (exact) mass is 298 g/mol. The van der Waals surface area contributed by atoms with E-state index in [2.05, 4.69) is 20.2 Å². The first-order valence-electron chi connectivity index (χ1n) is 6.88. The number of nitrogens with one attached hydrogen (secondary N) is 1. The molecule has 0 atom stereocenters. The summed E-state index contributed by atoms with van der Waals surface area (Å²) in [4.78, 5) is 10.7. The predicted molar refractivity (Wildman–Crippen MR) is 79.6 cm³/mol. The van der Waals surface area contributed by atoms with Crippen LogP contribution in [0.3, 0.4) is 0 Å². The van der Waals surface area contributed by atoms with E-state index in [0.717, 1.165) is 37.4 Å². The topological polar surface area (TPSA) is 75.2 Å². The van der Waals surface area contributed by atoms with Crippen molar-refractivity contribution in [3.05, 3.63) is 18.1 Å². The van der Waals surface area contributed by atoms with E-state index in [1.54, 1.807) is 12.4 Å². The maximum Gasteiger partial charge on any atom is 0.148 e. The molecule has 7 heteroatoms. The van der Waals surface area contributed by atoms with Gasteiger partial charge in [0.15, 0.2) is 0 Å². The van der Waals surface area contributed by atoms with E-state index in [1.807, 2.05) is 6.92 Å². The van der Waals surface area contributed by atoms with Crippen LogP contribution in [0, 0.1) is 6.92 Å². The first-order chi connectivity index (χ1) is 9.42. The Labute approximate surface area is 120 Å². The van der Waals surface area contributed by atoms with Crippen LogP contribution in [0.5, 0.6) is 0 Å². The second kappa shape index (κ2) is 6.49. The van der Waals surface area contributed by atoms with Gasteiger partial charge in [0.2, 0.25) is 0 Å². The SMILES string of the molecule is Cc1cncc(NC2CCN(CCS(C)(=O)=O)CC2)n1. The van der Waals surface area contributed by atoms with Crippen molar-refractivity contribution in [2.24, 2.45) is 0 Å². The molecule has 1 saturated heterocycles. The minimum Gasteiger partial charge on any atom is -0.366 e. The normalized spacial score (nSPS) is 18.1. The molecule has 1 aromatic heterocycles. The number of hydrogen-bond acceptors (Lipinski definition) is 6. The summed E-state index contributed by atoms with van der Waals surface area (Å²) < 4.78 is 22.3. The summed E-state index contributed by atoms with van der Waals surface area (Å²) in [7, 11) is -2.87. The van der Waals surface area contributed by atoms with Crippen LogP contribution in [-0.4, -0.2) is 61.0 Å². The minimum absolute atomic E-state index is 0.244. The van der Waals surface area contributed by atoms with Crippen molar-refractivity contribution >= 4 is 15.7 Å². The fourth-order valence-electron chi connectivity index (χ4n) is 2.34. The maximum atomic E-state index is 11.2. The number of aryl methyl sites for hydroxylation is 1. The molecule has 0 aromatic carbocycles. The average molecular weight is 298 g/mol. The third-order valence-corrected chi connectivity index (χ3v) is 4.40. The number of aromatic nitrogens is 2. The highest BCUT2D eigenvalue weighted by Gasteiger charge is 2.20. The zero-order valence-corrected chi connectivity index (χ0v) is 12.9. The fraction of sp³-hybridized carbons (Fsp3) is 0.692. The van der Waals surface area contributed by atoms with Gasteiger partial charge in [-0.25, -0.2) is 13.4 Å². The van der Waals surface area contributed by atoms with E-state index < -0.39 is 9.84 Å². The predicted octanol–water partition coefficient (Wildman–Crippen LogP) is 0.706. The zero-order chi connectivity index (χ0) is 14.6. The van der Waals surface area contributed by atoms with Crippen molar-refractivity contribution in [3.8, 4) is 0 Å². The molecule has 0 aliphatic carbocycles. The van der Waals surface area contributed by atoms with Gasteiger partial charge >= 0.3 is 0 Å². The van der Waals surface area contributed by atoms with Gasteiger partial charge in [0.1, 0.15) is 15.7 Å². The van der Waals surface area contributed by atoms with E-state index >= 15 is 0 Å². The van der Waals surface area contributed by atoms with Gasteiger partial charge in [-0.3, -0.25) is 4.98 Å². The van der Waals surface area contributed by atoms with Crippen molar-refractivity contribution < 1.29 is 8.42 Å². The number of sulfone groups is 1. The van der Waals surface area contributed by atoms with Gasteiger partial charge in [-0.1, -0.05) is 0 Å². The fourth-order valence-corrected chi connectivity index (χ4v) is 2.93. The minimum atomic E-state index is -2.87. The molecular weight excluding hydrogens is 276 g/mol. The molecule has 1 aromatic rings. The molecule has 0 spiro atoms. The Hall–Kier alpha value is -1.21. The van der Waals surface area contributed by atoms with Crippen LogP contribution >= 0.6 is 0 Å². The number of likely N-dealkylation sites (tertiary alicyclic amines) is 1. The van der Waals surface area contributed by atoms with Crippen LogP contribution in [0.1, 0.15) is 18.5 Å². The van der Waals surface area contributed by atoms with Gasteiger partial charge in [-0.15, -0.1) is 0 Å². The molecule has 6 nitrogen and oxygen atoms in total. The van der Waals surface area contributed by atoms with E-state index in [0.29, 0.717) is 12.6 Å². The molecule has 112 valence electrons. The van der Waals surface area contributed by atoms with Gasteiger partial charge < -0.3 is 10.2 Å². The van der Waals surface area contributed by atoms with Crippen molar-refractivity contribution in [1.29, 1.82) is 0 Å². The van der Waals surface area contributed by atoms with Crippen molar-refractivity contribution in [3.63, 3.8) is 0 Å². The van der Waals surface area contributed by atoms with Gasteiger partial charge in [-0.05, 0) is 19.8 Å². The summed E-state index contributed by atoms with van der Waals surface area (Å²) in [5.41, 5.74) is 0.903. The average Bonchev–Trinajstić information content (AvgIpc) is 2.37. The van der Waals surface area contributed by atoms with Crippen LogP contribution in [0.15, 0.2) is 12.4 Å². The van der Waals surface area contributed by atoms with Gasteiger partial charge in [0.05, 0.1) is 17.6 Å². The Morgan fingerprint density at radius 2 is 2.05 bits per heavy atom. The van der Waals surface area contributed by atoms with Crippen LogP contribution < -0.4 is 5.32 Å². The maximum absolute atomic E-state index is 11.2. The molecule has 0 bridgehead atoms. The van der Waals surface area contributed by atoms with Crippen LogP contribution in [0.25, 0.3) is 0 Å². The van der Waals surface area contributed by atoms with E-state index in [-0.39, 0.29) is 5.75 Å². The molecule has 1 N–H and O–H groups in total. The molecule has 1 fully saturated rings. The quantitative estimate of drug-likeness (QED) is 0.863. The molecule has 0 amide bonds. The zero-order valence-electron chi connectivity index (χ0n) is 12.0. The third kappa shape index (κ3) is 5.05. The van der Waals surface area contributed by atoms with Crippen LogP contribution in [0.4, 0.5) is 5.82 Å². The molecular formula is C13H22N4O2S. The summed E-state index contributed by atoms with van der Waals surface area (Å²) in [5.74, 6) is 1.06. The number of rotatable bonds is 5. The molecule has 0 radical (unpaired) electrons. The highest BCUT2D eigenvalue weighted by molar-refractivity contribution is 7.90. The van der Waals surface area contributed by atoms with Crippen LogP contribution in [-0.2, 0) is 9.84 Å². The van der Waals surface area contributed by atoms with Crippen molar-refractivity contribution in [2.75, 3.05) is 37.0 Å². The first-order valence-corrected chi connectivity index (χ1v) is 8.94. The lowest BCUT2D eigenvalue weighted by atomic mass is 10.1. The Balaban J connectivity index is 1.77. The van der Waals surface area contributed by atoms with Gasteiger partial charge in [0, 0.05) is 38.1 Å². The number of anilines is 1. The largest absolute Gasteiger partial charge is 0.366 e. The molecule has 20 heavy (non-hydrogen) atoms. The lowest BCUT2D eigenvalue weighted by Gasteiger charge is -2.32. The summed E-state index contributed by atoms with van der Waals surface area (Å²) in [6.07, 6.45) is 6.76. The Kier molecular flexibility index (Phi) is 4.93. The highest BCUT2D eigenvalue weighted by atomic mass is 32.2. The second-order valence-electron chi connectivity index (χ2n) is 5.44. The number of piperidine rings is 1. The molecule has 1 aliphatic heterocycles.